The molecular formula is C6H10ClNO5S. The second-order valence-electron chi connectivity index (χ2n) is 3.01. The largest absolute Gasteiger partial charge is 0.480 e. The Kier molecular flexibility index (Phi) is 3.36. The van der Waals surface area contributed by atoms with Gasteiger partial charge in [0.25, 0.3) is 9.05 Å². The Balaban J connectivity index is 3.08. The van der Waals surface area contributed by atoms with Crippen molar-refractivity contribution in [3.63, 3.8) is 0 Å². The van der Waals surface area contributed by atoms with E-state index in [1.54, 1.807) is 0 Å². The topological polar surface area (TPSA) is 92.7 Å². The molecule has 82 valence electrons. The fourth-order valence-electron chi connectivity index (χ4n) is 1.25. The molecular weight excluding hydrogens is 234 g/mol. The lowest BCUT2D eigenvalue weighted by molar-refractivity contribution is -0.140. The summed E-state index contributed by atoms with van der Waals surface area (Å²) in [6.45, 7) is -0.0738. The summed E-state index contributed by atoms with van der Waals surface area (Å²) in [7, 11) is 0.952. The first-order valence-corrected chi connectivity index (χ1v) is 6.23. The summed E-state index contributed by atoms with van der Waals surface area (Å²) in [5.74, 6) is -1.45. The van der Waals surface area contributed by atoms with E-state index in [0.717, 1.165) is 0 Å². The van der Waals surface area contributed by atoms with Crippen LogP contribution in [0, 0.1) is 0 Å². The molecule has 1 rings (SSSR count). The van der Waals surface area contributed by atoms with Gasteiger partial charge in [-0.15, -0.1) is 0 Å². The SMILES string of the molecule is O=C(O)C1(S(=O)(=O)Cl)CCCONC1. The number of hydrogen-bond donors (Lipinski definition) is 2. The van der Waals surface area contributed by atoms with Crippen LogP contribution in [0.3, 0.4) is 0 Å². The molecule has 0 aromatic rings. The van der Waals surface area contributed by atoms with Crippen LogP contribution < -0.4 is 5.48 Å². The first-order valence-electron chi connectivity index (χ1n) is 3.92. The third-order valence-electron chi connectivity index (χ3n) is 2.14. The van der Waals surface area contributed by atoms with Gasteiger partial charge in [0.1, 0.15) is 0 Å². The van der Waals surface area contributed by atoms with Crippen LogP contribution in [0.15, 0.2) is 0 Å². The van der Waals surface area contributed by atoms with Gasteiger partial charge in [-0.3, -0.25) is 4.79 Å². The van der Waals surface area contributed by atoms with E-state index in [1.165, 1.54) is 0 Å². The number of rotatable bonds is 2. The van der Waals surface area contributed by atoms with Gasteiger partial charge < -0.3 is 9.94 Å². The molecule has 1 fully saturated rings. The van der Waals surface area contributed by atoms with Crippen molar-refractivity contribution >= 4 is 25.7 Å². The minimum atomic E-state index is -4.18. The standard InChI is InChI=1S/C6H10ClNO5S/c7-14(11,12)6(5(9)10)2-1-3-13-8-4-6/h8H,1-4H2,(H,9,10). The highest BCUT2D eigenvalue weighted by Crippen LogP contribution is 2.28. The van der Waals surface area contributed by atoms with Gasteiger partial charge >= 0.3 is 5.97 Å². The van der Waals surface area contributed by atoms with Crippen LogP contribution in [0.4, 0.5) is 0 Å². The normalized spacial score (nSPS) is 29.5. The van der Waals surface area contributed by atoms with E-state index in [9.17, 15) is 13.2 Å². The second-order valence-corrected chi connectivity index (χ2v) is 5.89. The van der Waals surface area contributed by atoms with Crippen LogP contribution in [0.25, 0.3) is 0 Å². The summed E-state index contributed by atoms with van der Waals surface area (Å²) < 4.78 is 20.4. The highest BCUT2D eigenvalue weighted by molar-refractivity contribution is 8.15. The Morgan fingerprint density at radius 2 is 2.21 bits per heavy atom. The smallest absolute Gasteiger partial charge is 0.327 e. The Bertz CT molecular complexity index is 319. The van der Waals surface area contributed by atoms with Gasteiger partial charge in [0.15, 0.2) is 4.75 Å². The number of hydroxylamine groups is 1. The van der Waals surface area contributed by atoms with Crippen molar-refractivity contribution in [2.45, 2.75) is 17.6 Å². The fraction of sp³-hybridized carbons (Fsp3) is 0.833. The van der Waals surface area contributed by atoms with Crippen molar-refractivity contribution in [3.8, 4) is 0 Å². The van der Waals surface area contributed by atoms with Gasteiger partial charge in [-0.05, 0) is 12.8 Å². The van der Waals surface area contributed by atoms with E-state index >= 15 is 0 Å². The highest BCUT2D eigenvalue weighted by Gasteiger charge is 2.50. The predicted molar refractivity (Wildman–Crippen MR) is 48.3 cm³/mol. The van der Waals surface area contributed by atoms with E-state index in [0.29, 0.717) is 6.42 Å². The molecule has 1 saturated heterocycles. The van der Waals surface area contributed by atoms with Gasteiger partial charge in [-0.25, -0.2) is 13.9 Å². The quantitative estimate of drug-likeness (QED) is 0.647. The maximum absolute atomic E-state index is 11.2. The maximum Gasteiger partial charge on any atom is 0.327 e. The van der Waals surface area contributed by atoms with E-state index in [4.69, 9.17) is 20.6 Å². The molecule has 1 aliphatic rings. The number of halogens is 1. The van der Waals surface area contributed by atoms with Crippen molar-refractivity contribution in [1.29, 1.82) is 0 Å². The van der Waals surface area contributed by atoms with Crippen LogP contribution in [0.5, 0.6) is 0 Å². The number of nitrogens with one attached hydrogen (secondary N) is 1. The van der Waals surface area contributed by atoms with Crippen molar-refractivity contribution in [3.05, 3.63) is 0 Å². The third-order valence-corrected chi connectivity index (χ3v) is 4.49. The highest BCUT2D eigenvalue weighted by atomic mass is 35.7. The summed E-state index contributed by atoms with van der Waals surface area (Å²) in [6, 6.07) is 0. The van der Waals surface area contributed by atoms with E-state index < -0.39 is 19.8 Å². The van der Waals surface area contributed by atoms with Crippen LogP contribution in [0.1, 0.15) is 12.8 Å². The minimum Gasteiger partial charge on any atom is -0.480 e. The molecule has 1 unspecified atom stereocenters. The molecule has 6 nitrogen and oxygen atoms in total. The summed E-state index contributed by atoms with van der Waals surface area (Å²) in [5, 5.41) is 8.89. The first kappa shape index (κ1) is 11.7. The van der Waals surface area contributed by atoms with Crippen molar-refractivity contribution < 1.29 is 23.2 Å². The average Bonchev–Trinajstić information content (AvgIpc) is 2.26. The third kappa shape index (κ3) is 2.00. The molecule has 14 heavy (non-hydrogen) atoms. The number of carbonyl (C=O) groups is 1. The van der Waals surface area contributed by atoms with Gasteiger partial charge in [0.2, 0.25) is 0 Å². The summed E-state index contributed by atoms with van der Waals surface area (Å²) in [5.41, 5.74) is 2.28. The van der Waals surface area contributed by atoms with Gasteiger partial charge in [-0.2, -0.15) is 0 Å². The molecule has 0 radical (unpaired) electrons. The minimum absolute atomic E-state index is 0.0544. The molecule has 0 aromatic carbocycles. The zero-order chi connectivity index (χ0) is 10.8. The van der Waals surface area contributed by atoms with Crippen LogP contribution in [0.2, 0.25) is 0 Å². The first-order chi connectivity index (χ1) is 6.40. The van der Waals surface area contributed by atoms with E-state index in [1.807, 2.05) is 0 Å². The molecule has 0 saturated carbocycles. The summed E-state index contributed by atoms with van der Waals surface area (Å²) in [6.07, 6.45) is 0.270. The van der Waals surface area contributed by atoms with Gasteiger partial charge in [0, 0.05) is 10.7 Å². The number of aliphatic carboxylic acids is 1. The molecule has 1 heterocycles. The molecule has 8 heteroatoms. The number of hydrogen-bond acceptors (Lipinski definition) is 5. The molecule has 2 N–H and O–H groups in total. The lowest BCUT2D eigenvalue weighted by Crippen LogP contribution is -2.50. The zero-order valence-electron chi connectivity index (χ0n) is 7.19. The Hall–Kier alpha value is -0.370. The lowest BCUT2D eigenvalue weighted by Gasteiger charge is -2.22. The number of carboxylic acids is 1. The Morgan fingerprint density at radius 1 is 1.57 bits per heavy atom. The maximum atomic E-state index is 11.2. The average molecular weight is 244 g/mol. The predicted octanol–water partition coefficient (Wildman–Crippen LogP) is -0.307. The lowest BCUT2D eigenvalue weighted by atomic mass is 10.0. The van der Waals surface area contributed by atoms with Crippen molar-refractivity contribution in [2.75, 3.05) is 13.2 Å². The summed E-state index contributed by atoms with van der Waals surface area (Å²) in [4.78, 5) is 15.7. The second kappa shape index (κ2) is 4.01. The molecule has 0 spiro atoms. The Labute approximate surface area is 85.6 Å². The zero-order valence-corrected chi connectivity index (χ0v) is 8.77. The van der Waals surface area contributed by atoms with Crippen LogP contribution >= 0.6 is 10.7 Å². The molecule has 0 amide bonds. The van der Waals surface area contributed by atoms with Gasteiger partial charge in [0.05, 0.1) is 13.2 Å². The van der Waals surface area contributed by atoms with E-state index in [2.05, 4.69) is 5.48 Å². The molecule has 0 bridgehead atoms. The van der Waals surface area contributed by atoms with Gasteiger partial charge in [-0.1, -0.05) is 0 Å². The molecule has 0 aromatic heterocycles. The van der Waals surface area contributed by atoms with Crippen molar-refractivity contribution in [1.82, 2.24) is 5.48 Å². The number of carboxylic acid groups (broad SMARTS) is 1. The molecule has 1 atom stereocenters. The molecule has 1 aliphatic heterocycles. The summed E-state index contributed by atoms with van der Waals surface area (Å²) >= 11 is 0. The van der Waals surface area contributed by atoms with Crippen LogP contribution in [-0.2, 0) is 18.7 Å². The van der Waals surface area contributed by atoms with Crippen molar-refractivity contribution in [2.24, 2.45) is 0 Å². The molecule has 0 aliphatic carbocycles. The Morgan fingerprint density at radius 3 is 2.71 bits per heavy atom. The monoisotopic (exact) mass is 243 g/mol. The van der Waals surface area contributed by atoms with E-state index in [-0.39, 0.29) is 19.6 Å². The fourth-order valence-corrected chi connectivity index (χ4v) is 2.67. The van der Waals surface area contributed by atoms with Crippen LogP contribution in [-0.4, -0.2) is 37.4 Å².